The number of rotatable bonds is 10. The van der Waals surface area contributed by atoms with Crippen LogP contribution in [0.15, 0.2) is 47.1 Å². The summed E-state index contributed by atoms with van der Waals surface area (Å²) in [5.74, 6) is 0.587. The van der Waals surface area contributed by atoms with Crippen LogP contribution in [0.1, 0.15) is 46.0 Å². The van der Waals surface area contributed by atoms with Crippen molar-refractivity contribution < 1.29 is 5.11 Å². The summed E-state index contributed by atoms with van der Waals surface area (Å²) in [5, 5.41) is 8.87. The molecular weight excluding hydrogens is 270 g/mol. The van der Waals surface area contributed by atoms with Crippen molar-refractivity contribution in [1.29, 1.82) is 0 Å². The van der Waals surface area contributed by atoms with Crippen LogP contribution in [0.5, 0.6) is 0 Å². The van der Waals surface area contributed by atoms with E-state index in [2.05, 4.69) is 49.1 Å². The predicted molar refractivity (Wildman–Crippen MR) is 94.8 cm³/mol. The van der Waals surface area contributed by atoms with Crippen LogP contribution in [0.4, 0.5) is 0 Å². The highest BCUT2D eigenvalue weighted by molar-refractivity contribution is 5.36. The molecule has 1 N–H and O–H groups in total. The molecule has 0 saturated carbocycles. The summed E-state index contributed by atoms with van der Waals surface area (Å²) >= 11 is 0. The van der Waals surface area contributed by atoms with Crippen molar-refractivity contribution in [3.05, 3.63) is 47.1 Å². The summed E-state index contributed by atoms with van der Waals surface area (Å²) in [7, 11) is 0. The second kappa shape index (κ2) is 9.12. The van der Waals surface area contributed by atoms with E-state index >= 15 is 0 Å². The predicted octanol–water partition coefficient (Wildman–Crippen LogP) is 4.25. The summed E-state index contributed by atoms with van der Waals surface area (Å²) in [4.78, 5) is 2.62. The van der Waals surface area contributed by atoms with Gasteiger partial charge in [0.2, 0.25) is 0 Å². The lowest BCUT2D eigenvalue weighted by molar-refractivity contribution is 0.263. The second-order valence-electron chi connectivity index (χ2n) is 6.63. The minimum Gasteiger partial charge on any atom is -0.396 e. The average Bonchev–Trinajstić information content (AvgIpc) is 3.08. The fourth-order valence-electron chi connectivity index (χ4n) is 3.24. The first kappa shape index (κ1) is 17.2. The number of aliphatic hydroxyl groups excluding tert-OH is 1. The molecule has 1 atom stereocenters. The average molecular weight is 301 g/mol. The first-order valence-corrected chi connectivity index (χ1v) is 8.75. The van der Waals surface area contributed by atoms with E-state index in [0.29, 0.717) is 12.5 Å². The van der Waals surface area contributed by atoms with Crippen LogP contribution in [-0.4, -0.2) is 36.2 Å². The third-order valence-electron chi connectivity index (χ3n) is 4.81. The van der Waals surface area contributed by atoms with Crippen molar-refractivity contribution in [2.24, 2.45) is 5.92 Å². The number of hydrogen-bond donors (Lipinski definition) is 1. The van der Waals surface area contributed by atoms with Crippen molar-refractivity contribution in [3.63, 3.8) is 0 Å². The second-order valence-corrected chi connectivity index (χ2v) is 6.63. The number of unbranched alkanes of at least 4 members (excludes halogenated alkanes) is 3. The van der Waals surface area contributed by atoms with Crippen molar-refractivity contribution in [3.8, 4) is 0 Å². The molecule has 0 radical (unpaired) electrons. The topological polar surface area (TPSA) is 23.5 Å². The van der Waals surface area contributed by atoms with Gasteiger partial charge in [0, 0.05) is 25.6 Å². The van der Waals surface area contributed by atoms with Gasteiger partial charge in [-0.2, -0.15) is 0 Å². The highest BCUT2D eigenvalue weighted by atomic mass is 16.2. The molecule has 0 saturated heterocycles. The molecule has 0 aliphatic heterocycles. The SMILES string of the molecule is CC1=CCC=C1CN(CCCCCCO)C[C@H]1C=CC=C1C. The Morgan fingerprint density at radius 2 is 1.95 bits per heavy atom. The number of allylic oxidation sites excluding steroid dienone is 4. The zero-order chi connectivity index (χ0) is 15.8. The molecule has 0 aromatic rings. The molecule has 122 valence electrons. The molecule has 22 heavy (non-hydrogen) atoms. The van der Waals surface area contributed by atoms with Crippen molar-refractivity contribution in [2.45, 2.75) is 46.0 Å². The van der Waals surface area contributed by atoms with Gasteiger partial charge >= 0.3 is 0 Å². The molecule has 2 aliphatic rings. The Morgan fingerprint density at radius 3 is 2.59 bits per heavy atom. The largest absolute Gasteiger partial charge is 0.396 e. The highest BCUT2D eigenvalue weighted by Gasteiger charge is 2.17. The fraction of sp³-hybridized carbons (Fsp3) is 0.600. The maximum atomic E-state index is 8.87. The van der Waals surface area contributed by atoms with Gasteiger partial charge in [-0.3, -0.25) is 4.90 Å². The molecular formula is C20H31NO. The number of hydrogen-bond acceptors (Lipinski definition) is 2. The quantitative estimate of drug-likeness (QED) is 0.610. The number of nitrogens with zero attached hydrogens (tertiary/aromatic N) is 1. The summed E-state index contributed by atoms with van der Waals surface area (Å²) in [5.41, 5.74) is 4.46. The first-order valence-electron chi connectivity index (χ1n) is 8.75. The fourth-order valence-corrected chi connectivity index (χ4v) is 3.24. The van der Waals surface area contributed by atoms with E-state index in [1.807, 2.05) is 0 Å². The van der Waals surface area contributed by atoms with E-state index < -0.39 is 0 Å². The van der Waals surface area contributed by atoms with E-state index in [1.165, 1.54) is 29.6 Å². The maximum absolute atomic E-state index is 8.87. The molecule has 0 amide bonds. The van der Waals surface area contributed by atoms with Crippen LogP contribution in [0, 0.1) is 5.92 Å². The lowest BCUT2D eigenvalue weighted by Gasteiger charge is -2.26. The molecule has 2 rings (SSSR count). The molecule has 0 spiro atoms. The molecule has 0 bridgehead atoms. The smallest absolute Gasteiger partial charge is 0.0431 e. The summed E-state index contributed by atoms with van der Waals surface area (Å²) in [6.07, 6.45) is 17.1. The van der Waals surface area contributed by atoms with Crippen molar-refractivity contribution >= 4 is 0 Å². The van der Waals surface area contributed by atoms with Crippen molar-refractivity contribution in [2.75, 3.05) is 26.2 Å². The Bertz CT molecular complexity index is 470. The zero-order valence-electron chi connectivity index (χ0n) is 14.2. The Labute approximate surface area is 135 Å². The van der Waals surface area contributed by atoms with E-state index in [0.717, 1.165) is 38.9 Å². The Hall–Kier alpha value is -1.12. The third-order valence-corrected chi connectivity index (χ3v) is 4.81. The summed E-state index contributed by atoms with van der Waals surface area (Å²) in [6.45, 7) is 8.18. The van der Waals surface area contributed by atoms with E-state index in [-0.39, 0.29) is 0 Å². The van der Waals surface area contributed by atoms with Crippen molar-refractivity contribution in [1.82, 2.24) is 4.90 Å². The van der Waals surface area contributed by atoms with Gasteiger partial charge in [0.05, 0.1) is 0 Å². The molecule has 0 aromatic carbocycles. The van der Waals surface area contributed by atoms with Gasteiger partial charge < -0.3 is 5.11 Å². The van der Waals surface area contributed by atoms with Crippen LogP contribution in [0.25, 0.3) is 0 Å². The Balaban J connectivity index is 1.84. The number of aliphatic hydroxyl groups is 1. The third kappa shape index (κ3) is 5.26. The first-order chi connectivity index (χ1) is 10.7. The molecule has 0 heterocycles. The molecule has 2 nitrogen and oxygen atoms in total. The van der Waals surface area contributed by atoms with Gasteiger partial charge in [0.15, 0.2) is 0 Å². The molecule has 2 aliphatic carbocycles. The molecule has 0 unspecified atom stereocenters. The van der Waals surface area contributed by atoms with Crippen LogP contribution < -0.4 is 0 Å². The normalized spacial score (nSPS) is 20.5. The zero-order valence-corrected chi connectivity index (χ0v) is 14.2. The molecule has 0 fully saturated rings. The summed E-state index contributed by atoms with van der Waals surface area (Å²) in [6, 6.07) is 0. The molecule has 2 heteroatoms. The lowest BCUT2D eigenvalue weighted by Crippen LogP contribution is -2.32. The highest BCUT2D eigenvalue weighted by Crippen LogP contribution is 2.23. The van der Waals surface area contributed by atoms with Gasteiger partial charge in [-0.25, -0.2) is 0 Å². The van der Waals surface area contributed by atoms with Gasteiger partial charge in [-0.05, 0) is 45.2 Å². The standard InChI is InChI=1S/C20H31NO/c1-17-9-7-11-19(17)15-21(13-5-3-4-6-14-22)16-20-12-8-10-18(20)2/h7,9-12,19,22H,3-6,8,13-16H2,1-2H3/t19-/m1/s1. The van der Waals surface area contributed by atoms with Crippen LogP contribution >= 0.6 is 0 Å². The lowest BCUT2D eigenvalue weighted by atomic mass is 10.0. The van der Waals surface area contributed by atoms with E-state index in [1.54, 1.807) is 0 Å². The van der Waals surface area contributed by atoms with E-state index in [9.17, 15) is 0 Å². The van der Waals surface area contributed by atoms with Gasteiger partial charge in [0.25, 0.3) is 0 Å². The van der Waals surface area contributed by atoms with Crippen LogP contribution in [-0.2, 0) is 0 Å². The Kier molecular flexibility index (Phi) is 7.14. The Morgan fingerprint density at radius 1 is 1.14 bits per heavy atom. The minimum absolute atomic E-state index is 0.331. The van der Waals surface area contributed by atoms with E-state index in [4.69, 9.17) is 5.11 Å². The monoisotopic (exact) mass is 301 g/mol. The van der Waals surface area contributed by atoms with Crippen LogP contribution in [0.2, 0.25) is 0 Å². The molecule has 0 aromatic heterocycles. The van der Waals surface area contributed by atoms with Crippen LogP contribution in [0.3, 0.4) is 0 Å². The van der Waals surface area contributed by atoms with Gasteiger partial charge in [-0.15, -0.1) is 0 Å². The minimum atomic E-state index is 0.331. The van der Waals surface area contributed by atoms with Gasteiger partial charge in [0.1, 0.15) is 0 Å². The maximum Gasteiger partial charge on any atom is 0.0431 e. The summed E-state index contributed by atoms with van der Waals surface area (Å²) < 4.78 is 0. The van der Waals surface area contributed by atoms with Gasteiger partial charge in [-0.1, -0.05) is 54.4 Å².